The summed E-state index contributed by atoms with van der Waals surface area (Å²) in [5.74, 6) is 0.296. The summed E-state index contributed by atoms with van der Waals surface area (Å²) in [5, 5.41) is 27.0. The first-order valence-corrected chi connectivity index (χ1v) is 7.25. The van der Waals surface area contributed by atoms with Crippen LogP contribution in [0.15, 0.2) is 35.0 Å². The van der Waals surface area contributed by atoms with E-state index in [0.29, 0.717) is 12.3 Å². The van der Waals surface area contributed by atoms with Crippen molar-refractivity contribution in [2.75, 3.05) is 6.54 Å². The zero-order valence-corrected chi connectivity index (χ0v) is 11.9. The van der Waals surface area contributed by atoms with Crippen LogP contribution in [0.5, 0.6) is 5.75 Å². The normalized spacial score (nSPS) is 14.3. The Balaban J connectivity index is 1.96. The van der Waals surface area contributed by atoms with Crippen LogP contribution < -0.4 is 5.32 Å². The minimum Gasteiger partial charge on any atom is -0.508 e. The van der Waals surface area contributed by atoms with Gasteiger partial charge in [-0.05, 0) is 47.9 Å². The topological polar surface area (TPSA) is 52.5 Å². The molecule has 2 unspecified atom stereocenters. The van der Waals surface area contributed by atoms with Crippen molar-refractivity contribution in [2.45, 2.75) is 26.0 Å². The first-order valence-electron chi connectivity index (χ1n) is 6.31. The van der Waals surface area contributed by atoms with E-state index >= 15 is 0 Å². The van der Waals surface area contributed by atoms with Gasteiger partial charge in [0.15, 0.2) is 0 Å². The fourth-order valence-corrected chi connectivity index (χ4v) is 2.71. The maximum Gasteiger partial charge on any atom is 0.120 e. The Labute approximate surface area is 117 Å². The van der Waals surface area contributed by atoms with Crippen molar-refractivity contribution in [3.8, 4) is 5.75 Å². The molecule has 2 aromatic rings. The van der Waals surface area contributed by atoms with E-state index in [1.165, 1.54) is 0 Å². The van der Waals surface area contributed by atoms with Crippen LogP contribution in [0.1, 0.15) is 35.8 Å². The summed E-state index contributed by atoms with van der Waals surface area (Å²) in [6.45, 7) is 4.39. The highest BCUT2D eigenvalue weighted by Crippen LogP contribution is 2.25. The third-order valence-corrected chi connectivity index (χ3v) is 3.90. The third-order valence-electron chi connectivity index (χ3n) is 3.20. The highest BCUT2D eigenvalue weighted by atomic mass is 32.1. The molecule has 0 spiro atoms. The van der Waals surface area contributed by atoms with Crippen molar-refractivity contribution in [2.24, 2.45) is 0 Å². The Bertz CT molecular complexity index is 525. The molecule has 1 heterocycles. The molecule has 102 valence electrons. The maximum absolute atomic E-state index is 10.0. The minimum absolute atomic E-state index is 0.00566. The first kappa shape index (κ1) is 14.1. The summed E-state index contributed by atoms with van der Waals surface area (Å²) in [6.07, 6.45) is -0.513. The molecule has 2 rings (SSSR count). The van der Waals surface area contributed by atoms with Crippen molar-refractivity contribution >= 4 is 11.3 Å². The summed E-state index contributed by atoms with van der Waals surface area (Å²) in [7, 11) is 0. The van der Waals surface area contributed by atoms with Gasteiger partial charge in [0.05, 0.1) is 6.10 Å². The molecule has 2 atom stereocenters. The summed E-state index contributed by atoms with van der Waals surface area (Å²) >= 11 is 1.57. The molecule has 0 aliphatic carbocycles. The van der Waals surface area contributed by atoms with E-state index in [4.69, 9.17) is 0 Å². The Morgan fingerprint density at radius 3 is 2.74 bits per heavy atom. The Morgan fingerprint density at radius 2 is 2.11 bits per heavy atom. The van der Waals surface area contributed by atoms with Gasteiger partial charge in [0.25, 0.3) is 0 Å². The number of aliphatic hydroxyl groups excluding tert-OH is 1. The number of thiophene rings is 1. The molecule has 0 bridgehead atoms. The number of aryl methyl sites for hydroxylation is 1. The molecular formula is C15H19NO2S. The Kier molecular flexibility index (Phi) is 4.58. The Hall–Kier alpha value is -1.36. The molecule has 0 aliphatic rings. The van der Waals surface area contributed by atoms with Crippen molar-refractivity contribution in [3.63, 3.8) is 0 Å². The zero-order valence-electron chi connectivity index (χ0n) is 11.1. The standard InChI is InChI=1S/C15H19NO2S/c1-10-3-4-13(14(17)7-10)11(2)16-8-15(18)12-5-6-19-9-12/h3-7,9,11,15-18H,8H2,1-2H3. The van der Waals surface area contributed by atoms with Gasteiger partial charge >= 0.3 is 0 Å². The van der Waals surface area contributed by atoms with E-state index < -0.39 is 6.10 Å². The second-order valence-electron chi connectivity index (χ2n) is 4.76. The van der Waals surface area contributed by atoms with Crippen LogP contribution in [0.3, 0.4) is 0 Å². The molecule has 0 aliphatic heterocycles. The number of hydrogen-bond acceptors (Lipinski definition) is 4. The second-order valence-corrected chi connectivity index (χ2v) is 5.54. The van der Waals surface area contributed by atoms with Gasteiger partial charge in [-0.2, -0.15) is 11.3 Å². The fraction of sp³-hybridized carbons (Fsp3) is 0.333. The summed E-state index contributed by atoms with van der Waals surface area (Å²) in [4.78, 5) is 0. The lowest BCUT2D eigenvalue weighted by Gasteiger charge is -2.18. The molecular weight excluding hydrogens is 258 g/mol. The second kappa shape index (κ2) is 6.19. The molecule has 0 saturated carbocycles. The number of aliphatic hydroxyl groups is 1. The summed E-state index contributed by atoms with van der Waals surface area (Å²) < 4.78 is 0. The van der Waals surface area contributed by atoms with Gasteiger partial charge < -0.3 is 15.5 Å². The van der Waals surface area contributed by atoms with Crippen LogP contribution in [-0.4, -0.2) is 16.8 Å². The van der Waals surface area contributed by atoms with Gasteiger partial charge in [-0.15, -0.1) is 0 Å². The quantitative estimate of drug-likeness (QED) is 0.787. The minimum atomic E-state index is -0.513. The van der Waals surface area contributed by atoms with Crippen LogP contribution in [0.4, 0.5) is 0 Å². The smallest absolute Gasteiger partial charge is 0.120 e. The average molecular weight is 277 g/mol. The molecule has 3 N–H and O–H groups in total. The number of hydrogen-bond donors (Lipinski definition) is 3. The van der Waals surface area contributed by atoms with E-state index in [-0.39, 0.29) is 6.04 Å². The largest absolute Gasteiger partial charge is 0.508 e. The predicted octanol–water partition coefficient (Wildman–Crippen LogP) is 3.15. The lowest BCUT2D eigenvalue weighted by Crippen LogP contribution is -2.24. The van der Waals surface area contributed by atoms with E-state index in [2.05, 4.69) is 5.32 Å². The highest BCUT2D eigenvalue weighted by Gasteiger charge is 2.13. The SMILES string of the molecule is Cc1ccc(C(C)NCC(O)c2ccsc2)c(O)c1. The molecule has 0 amide bonds. The van der Waals surface area contributed by atoms with Gasteiger partial charge in [0.2, 0.25) is 0 Å². The van der Waals surface area contributed by atoms with Gasteiger partial charge in [0, 0.05) is 18.2 Å². The molecule has 19 heavy (non-hydrogen) atoms. The Morgan fingerprint density at radius 1 is 1.32 bits per heavy atom. The molecule has 4 heteroatoms. The van der Waals surface area contributed by atoms with Gasteiger partial charge in [-0.3, -0.25) is 0 Å². The van der Waals surface area contributed by atoms with Crippen LogP contribution in [0.2, 0.25) is 0 Å². The monoisotopic (exact) mass is 277 g/mol. The number of rotatable bonds is 5. The lowest BCUT2D eigenvalue weighted by atomic mass is 10.0. The summed E-state index contributed by atoms with van der Waals surface area (Å²) in [6, 6.07) is 7.56. The number of benzene rings is 1. The van der Waals surface area contributed by atoms with E-state index in [9.17, 15) is 10.2 Å². The van der Waals surface area contributed by atoms with Crippen molar-refractivity contribution in [3.05, 3.63) is 51.7 Å². The van der Waals surface area contributed by atoms with Crippen LogP contribution >= 0.6 is 11.3 Å². The molecule has 0 radical (unpaired) electrons. The third kappa shape index (κ3) is 3.56. The number of nitrogens with one attached hydrogen (secondary N) is 1. The van der Waals surface area contributed by atoms with Crippen molar-refractivity contribution in [1.82, 2.24) is 5.32 Å². The van der Waals surface area contributed by atoms with E-state index in [0.717, 1.165) is 16.7 Å². The zero-order chi connectivity index (χ0) is 13.8. The molecule has 0 fully saturated rings. The molecule has 1 aromatic carbocycles. The van der Waals surface area contributed by atoms with Crippen molar-refractivity contribution < 1.29 is 10.2 Å². The van der Waals surface area contributed by atoms with Crippen LogP contribution in [0, 0.1) is 6.92 Å². The molecule has 1 aromatic heterocycles. The highest BCUT2D eigenvalue weighted by molar-refractivity contribution is 7.07. The number of phenols is 1. The first-order chi connectivity index (χ1) is 9.08. The van der Waals surface area contributed by atoms with Crippen molar-refractivity contribution in [1.29, 1.82) is 0 Å². The van der Waals surface area contributed by atoms with E-state index in [1.54, 1.807) is 17.4 Å². The molecule has 0 saturated heterocycles. The fourth-order valence-electron chi connectivity index (χ4n) is 2.00. The maximum atomic E-state index is 10.0. The predicted molar refractivity (Wildman–Crippen MR) is 78.5 cm³/mol. The summed E-state index contributed by atoms with van der Waals surface area (Å²) in [5.41, 5.74) is 2.81. The van der Waals surface area contributed by atoms with Gasteiger partial charge in [-0.25, -0.2) is 0 Å². The number of phenolic OH excluding ortho intramolecular Hbond substituents is 1. The lowest BCUT2D eigenvalue weighted by molar-refractivity contribution is 0.171. The number of aromatic hydroxyl groups is 1. The van der Waals surface area contributed by atoms with Gasteiger partial charge in [-0.1, -0.05) is 12.1 Å². The van der Waals surface area contributed by atoms with Crippen LogP contribution in [0.25, 0.3) is 0 Å². The van der Waals surface area contributed by atoms with E-state index in [1.807, 2.05) is 42.8 Å². The average Bonchev–Trinajstić information content (AvgIpc) is 2.89. The molecule has 3 nitrogen and oxygen atoms in total. The van der Waals surface area contributed by atoms with Gasteiger partial charge in [0.1, 0.15) is 5.75 Å². The van der Waals surface area contributed by atoms with Crippen LogP contribution in [-0.2, 0) is 0 Å².